The van der Waals surface area contributed by atoms with Gasteiger partial charge in [0, 0.05) is 37.9 Å². The number of anilines is 2. The third-order valence-corrected chi connectivity index (χ3v) is 6.43. The SMILES string of the molecule is COc1ccc(-c2cnn3ccc(C(=O)Nc4ccccc4N4CCN(C(=O)OC(C)(C)C)CC4)nc23)cc1. The molecule has 1 fully saturated rings. The van der Waals surface area contributed by atoms with Crippen LogP contribution in [0.15, 0.2) is 67.0 Å². The topological polar surface area (TPSA) is 101 Å². The molecule has 2 amide bonds. The van der Waals surface area contributed by atoms with Crippen molar-refractivity contribution in [3.05, 3.63) is 72.7 Å². The number of hydrogen-bond acceptors (Lipinski definition) is 7. The summed E-state index contributed by atoms with van der Waals surface area (Å²) in [5.41, 5.74) is 3.64. The number of benzene rings is 2. The molecule has 0 aliphatic carbocycles. The van der Waals surface area contributed by atoms with Crippen LogP contribution < -0.4 is 15.0 Å². The fourth-order valence-electron chi connectivity index (χ4n) is 4.47. The number of nitrogens with one attached hydrogen (secondary N) is 1. The van der Waals surface area contributed by atoms with Gasteiger partial charge in [0.1, 0.15) is 17.0 Å². The number of piperazine rings is 1. The van der Waals surface area contributed by atoms with Crippen molar-refractivity contribution in [1.29, 1.82) is 0 Å². The van der Waals surface area contributed by atoms with Gasteiger partial charge < -0.3 is 24.6 Å². The predicted octanol–water partition coefficient (Wildman–Crippen LogP) is 4.71. The zero-order chi connectivity index (χ0) is 27.6. The highest BCUT2D eigenvalue weighted by Gasteiger charge is 2.27. The fourth-order valence-corrected chi connectivity index (χ4v) is 4.47. The van der Waals surface area contributed by atoms with E-state index in [4.69, 9.17) is 9.47 Å². The maximum Gasteiger partial charge on any atom is 0.410 e. The first-order chi connectivity index (χ1) is 18.7. The highest BCUT2D eigenvalue weighted by molar-refractivity contribution is 6.05. The van der Waals surface area contributed by atoms with Crippen LogP contribution >= 0.6 is 0 Å². The summed E-state index contributed by atoms with van der Waals surface area (Å²) in [7, 11) is 1.62. The summed E-state index contributed by atoms with van der Waals surface area (Å²) in [6.07, 6.45) is 3.16. The van der Waals surface area contributed by atoms with Crippen molar-refractivity contribution >= 4 is 29.0 Å². The second-order valence-electron chi connectivity index (χ2n) is 10.3. The van der Waals surface area contributed by atoms with Gasteiger partial charge in [-0.15, -0.1) is 0 Å². The minimum Gasteiger partial charge on any atom is -0.497 e. The van der Waals surface area contributed by atoms with E-state index < -0.39 is 5.60 Å². The van der Waals surface area contributed by atoms with Gasteiger partial charge in [0.15, 0.2) is 5.65 Å². The lowest BCUT2D eigenvalue weighted by Gasteiger charge is -2.37. The number of carbonyl (C=O) groups is 2. The molecule has 202 valence electrons. The molecule has 1 aliphatic heterocycles. The Hall–Kier alpha value is -4.60. The van der Waals surface area contributed by atoms with E-state index >= 15 is 0 Å². The van der Waals surface area contributed by atoms with E-state index in [1.807, 2.05) is 69.3 Å². The number of nitrogens with zero attached hydrogens (tertiary/aromatic N) is 5. The van der Waals surface area contributed by atoms with Crippen LogP contribution in [0.2, 0.25) is 0 Å². The molecule has 0 bridgehead atoms. The molecule has 10 nitrogen and oxygen atoms in total. The van der Waals surface area contributed by atoms with Crippen molar-refractivity contribution in [2.24, 2.45) is 0 Å². The molecule has 1 saturated heterocycles. The van der Waals surface area contributed by atoms with Gasteiger partial charge in [0.25, 0.3) is 5.91 Å². The largest absolute Gasteiger partial charge is 0.497 e. The Morgan fingerprint density at radius 3 is 2.36 bits per heavy atom. The molecule has 0 unspecified atom stereocenters. The third-order valence-electron chi connectivity index (χ3n) is 6.43. The van der Waals surface area contributed by atoms with Crippen molar-refractivity contribution in [3.8, 4) is 16.9 Å². The van der Waals surface area contributed by atoms with Gasteiger partial charge in [-0.1, -0.05) is 24.3 Å². The molecule has 39 heavy (non-hydrogen) atoms. The average Bonchev–Trinajstić information content (AvgIpc) is 3.36. The monoisotopic (exact) mass is 528 g/mol. The Balaban J connectivity index is 1.31. The fraction of sp³-hybridized carbons (Fsp3) is 0.310. The van der Waals surface area contributed by atoms with Crippen LogP contribution in [0.4, 0.5) is 16.2 Å². The maximum atomic E-state index is 13.3. The minimum atomic E-state index is -0.533. The van der Waals surface area contributed by atoms with Crippen molar-refractivity contribution in [2.75, 3.05) is 43.5 Å². The highest BCUT2D eigenvalue weighted by Crippen LogP contribution is 2.28. The van der Waals surface area contributed by atoms with E-state index in [9.17, 15) is 9.59 Å². The lowest BCUT2D eigenvalue weighted by molar-refractivity contribution is 0.0240. The van der Waals surface area contributed by atoms with Gasteiger partial charge in [-0.2, -0.15) is 5.10 Å². The van der Waals surface area contributed by atoms with Crippen LogP contribution in [0, 0.1) is 0 Å². The second kappa shape index (κ2) is 10.6. The first-order valence-electron chi connectivity index (χ1n) is 12.8. The summed E-state index contributed by atoms with van der Waals surface area (Å²) in [5, 5.41) is 7.41. The predicted molar refractivity (Wildman–Crippen MR) is 149 cm³/mol. The van der Waals surface area contributed by atoms with Crippen LogP contribution in [0.3, 0.4) is 0 Å². The molecule has 0 saturated carbocycles. The number of fused-ring (bicyclic) bond motifs is 1. The summed E-state index contributed by atoms with van der Waals surface area (Å²) < 4.78 is 12.4. The van der Waals surface area contributed by atoms with Crippen LogP contribution in [0.5, 0.6) is 5.75 Å². The lowest BCUT2D eigenvalue weighted by Crippen LogP contribution is -2.50. The first kappa shape index (κ1) is 26.0. The highest BCUT2D eigenvalue weighted by atomic mass is 16.6. The van der Waals surface area contributed by atoms with Crippen molar-refractivity contribution in [2.45, 2.75) is 26.4 Å². The molecular formula is C29H32N6O4. The van der Waals surface area contributed by atoms with Gasteiger partial charge in [0.05, 0.1) is 24.7 Å². The van der Waals surface area contributed by atoms with Crippen molar-refractivity contribution in [1.82, 2.24) is 19.5 Å². The molecular weight excluding hydrogens is 496 g/mol. The number of ether oxygens (including phenoxy) is 2. The molecule has 2 aromatic heterocycles. The molecule has 1 N–H and O–H groups in total. The minimum absolute atomic E-state index is 0.280. The molecule has 2 aromatic carbocycles. The van der Waals surface area contributed by atoms with E-state index in [0.29, 0.717) is 37.5 Å². The quantitative estimate of drug-likeness (QED) is 0.400. The summed E-state index contributed by atoms with van der Waals surface area (Å²) in [5.74, 6) is 0.437. The number of amides is 2. The van der Waals surface area contributed by atoms with Gasteiger partial charge in [-0.3, -0.25) is 4.79 Å². The Bertz CT molecular complexity index is 1480. The molecule has 1 aliphatic rings. The Kier molecular flexibility index (Phi) is 7.10. The van der Waals surface area contributed by atoms with E-state index in [2.05, 4.69) is 20.3 Å². The second-order valence-corrected chi connectivity index (χ2v) is 10.3. The summed E-state index contributed by atoms with van der Waals surface area (Å²) >= 11 is 0. The number of methoxy groups -OCH3 is 1. The number of carbonyl (C=O) groups excluding carboxylic acids is 2. The van der Waals surface area contributed by atoms with Gasteiger partial charge in [0.2, 0.25) is 0 Å². The Labute approximate surface area is 227 Å². The summed E-state index contributed by atoms with van der Waals surface area (Å²) in [6.45, 7) is 7.89. The average molecular weight is 529 g/mol. The molecule has 5 rings (SSSR count). The smallest absolute Gasteiger partial charge is 0.410 e. The zero-order valence-electron chi connectivity index (χ0n) is 22.5. The Morgan fingerprint density at radius 2 is 1.67 bits per heavy atom. The van der Waals surface area contributed by atoms with Gasteiger partial charge in [-0.05, 0) is 56.7 Å². The standard InChI is InChI=1S/C29H32N6O4/c1-29(2,3)39-28(37)34-17-15-33(16-18-34)25-8-6-5-7-23(25)32-27(36)24-13-14-35-26(31-24)22(19-30-35)20-9-11-21(38-4)12-10-20/h5-14,19H,15-18H2,1-4H3,(H,32,36). The van der Waals surface area contributed by atoms with Crippen molar-refractivity contribution < 1.29 is 19.1 Å². The number of hydrogen-bond donors (Lipinski definition) is 1. The molecule has 3 heterocycles. The van der Waals surface area contributed by atoms with Crippen LogP contribution in [-0.2, 0) is 4.74 Å². The third kappa shape index (κ3) is 5.79. The summed E-state index contributed by atoms with van der Waals surface area (Å²) in [6, 6.07) is 16.9. The van der Waals surface area contributed by atoms with Gasteiger partial charge in [-0.25, -0.2) is 14.3 Å². The normalized spacial score (nSPS) is 13.8. The molecule has 0 atom stereocenters. The molecule has 0 spiro atoms. The maximum absolute atomic E-state index is 13.3. The van der Waals surface area contributed by atoms with Gasteiger partial charge >= 0.3 is 6.09 Å². The first-order valence-corrected chi connectivity index (χ1v) is 12.8. The van der Waals surface area contributed by atoms with E-state index in [1.165, 1.54) is 0 Å². The van der Waals surface area contributed by atoms with Crippen molar-refractivity contribution in [3.63, 3.8) is 0 Å². The van der Waals surface area contributed by atoms with E-state index in [1.54, 1.807) is 35.0 Å². The number of rotatable bonds is 5. The van der Waals surface area contributed by atoms with E-state index in [-0.39, 0.29) is 17.7 Å². The lowest BCUT2D eigenvalue weighted by atomic mass is 10.1. The van der Waals surface area contributed by atoms with E-state index in [0.717, 1.165) is 22.6 Å². The molecule has 0 radical (unpaired) electrons. The zero-order valence-corrected chi connectivity index (χ0v) is 22.5. The molecule has 4 aromatic rings. The van der Waals surface area contributed by atoms with Crippen LogP contribution in [0.25, 0.3) is 16.8 Å². The Morgan fingerprint density at radius 1 is 0.949 bits per heavy atom. The van der Waals surface area contributed by atoms with Crippen LogP contribution in [0.1, 0.15) is 31.3 Å². The number of para-hydroxylation sites is 2. The number of aromatic nitrogens is 3. The summed E-state index contributed by atoms with van der Waals surface area (Å²) in [4.78, 5) is 34.3. The molecule has 10 heteroatoms. The van der Waals surface area contributed by atoms with Crippen LogP contribution in [-0.4, -0.2) is 70.4 Å².